The summed E-state index contributed by atoms with van der Waals surface area (Å²) in [5.41, 5.74) is 8.17. The predicted molar refractivity (Wildman–Crippen MR) is 114 cm³/mol. The van der Waals surface area contributed by atoms with Crippen LogP contribution in [-0.4, -0.2) is 22.9 Å². The van der Waals surface area contributed by atoms with Crippen LogP contribution in [0.15, 0.2) is 65.3 Å². The van der Waals surface area contributed by atoms with Gasteiger partial charge in [0, 0.05) is 5.02 Å². The average Bonchev–Trinajstić information content (AvgIpc) is 3.22. The van der Waals surface area contributed by atoms with E-state index in [0.29, 0.717) is 10.9 Å². The largest absolute Gasteiger partial charge is 0.446 e. The number of carbonyl (C=O) groups excluding carboxylic acids is 1. The van der Waals surface area contributed by atoms with E-state index in [4.69, 9.17) is 21.8 Å². The quantitative estimate of drug-likeness (QED) is 0.561. The lowest BCUT2D eigenvalue weighted by Crippen LogP contribution is -2.29. The minimum atomic E-state index is -0.337. The highest BCUT2D eigenvalue weighted by Crippen LogP contribution is 2.24. The van der Waals surface area contributed by atoms with Gasteiger partial charge < -0.3 is 15.5 Å². The van der Waals surface area contributed by atoms with Crippen molar-refractivity contribution in [2.24, 2.45) is 5.73 Å². The number of nitrogens with two attached hydrogens (primary N) is 1. The molecule has 1 aromatic heterocycles. The Morgan fingerprint density at radius 3 is 2.54 bits per heavy atom. The van der Waals surface area contributed by atoms with Crippen LogP contribution in [-0.2, 0) is 0 Å². The molecular formula is C21H22ClN3O2S. The van der Waals surface area contributed by atoms with Gasteiger partial charge >= 0.3 is 0 Å². The van der Waals surface area contributed by atoms with Gasteiger partial charge in [-0.1, -0.05) is 54.1 Å². The highest BCUT2D eigenvalue weighted by Gasteiger charge is 2.21. The van der Waals surface area contributed by atoms with Gasteiger partial charge in [0.2, 0.25) is 5.89 Å². The van der Waals surface area contributed by atoms with Crippen LogP contribution in [0.2, 0.25) is 5.02 Å². The Hall–Kier alpha value is -2.28. The summed E-state index contributed by atoms with van der Waals surface area (Å²) in [5.74, 6) is 0.954. The molecule has 0 fully saturated rings. The molecule has 0 saturated heterocycles. The van der Waals surface area contributed by atoms with E-state index in [-0.39, 0.29) is 23.7 Å². The number of nitrogens with one attached hydrogen (secondary N) is 1. The molecule has 7 heteroatoms. The van der Waals surface area contributed by atoms with E-state index in [1.807, 2.05) is 48.7 Å². The SMILES string of the molecule is CSCCC(N)c1nc(C(=O)NC(c2ccccc2)c2ccc(Cl)cc2)co1. The Labute approximate surface area is 173 Å². The number of nitrogens with zero attached hydrogens (tertiary/aromatic N) is 1. The molecule has 2 unspecified atom stereocenters. The van der Waals surface area contributed by atoms with Crippen LogP contribution in [0.5, 0.6) is 0 Å². The van der Waals surface area contributed by atoms with Gasteiger partial charge in [0.05, 0.1) is 12.1 Å². The third-order valence-electron chi connectivity index (χ3n) is 4.32. The summed E-state index contributed by atoms with van der Waals surface area (Å²) in [6.07, 6.45) is 4.11. The third-order valence-corrected chi connectivity index (χ3v) is 5.21. The fourth-order valence-electron chi connectivity index (χ4n) is 2.80. The van der Waals surface area contributed by atoms with Crippen molar-refractivity contribution >= 4 is 29.3 Å². The number of hydrogen-bond acceptors (Lipinski definition) is 5. The molecule has 3 N–H and O–H groups in total. The van der Waals surface area contributed by atoms with Crippen LogP contribution in [0, 0.1) is 0 Å². The molecular weight excluding hydrogens is 394 g/mol. The number of oxazole rings is 1. The number of thioether (sulfide) groups is 1. The van der Waals surface area contributed by atoms with Crippen molar-refractivity contribution in [3.05, 3.63) is 88.6 Å². The maximum Gasteiger partial charge on any atom is 0.273 e. The Morgan fingerprint density at radius 1 is 1.18 bits per heavy atom. The number of carbonyl (C=O) groups is 1. The fraction of sp³-hybridized carbons (Fsp3) is 0.238. The smallest absolute Gasteiger partial charge is 0.273 e. The highest BCUT2D eigenvalue weighted by atomic mass is 35.5. The van der Waals surface area contributed by atoms with Crippen molar-refractivity contribution in [2.45, 2.75) is 18.5 Å². The molecule has 0 radical (unpaired) electrons. The van der Waals surface area contributed by atoms with Gasteiger partial charge in [-0.2, -0.15) is 11.8 Å². The molecule has 0 aliphatic carbocycles. The summed E-state index contributed by atoms with van der Waals surface area (Å²) in [4.78, 5) is 17.1. The number of benzene rings is 2. The molecule has 3 aromatic rings. The van der Waals surface area contributed by atoms with Crippen molar-refractivity contribution in [1.82, 2.24) is 10.3 Å². The lowest BCUT2D eigenvalue weighted by atomic mass is 9.98. The van der Waals surface area contributed by atoms with Crippen LogP contribution in [0.4, 0.5) is 0 Å². The Balaban J connectivity index is 1.80. The molecule has 3 rings (SSSR count). The molecule has 0 spiro atoms. The average molecular weight is 416 g/mol. The zero-order valence-electron chi connectivity index (χ0n) is 15.5. The van der Waals surface area contributed by atoms with Crippen molar-refractivity contribution in [1.29, 1.82) is 0 Å². The van der Waals surface area contributed by atoms with Crippen molar-refractivity contribution < 1.29 is 9.21 Å². The van der Waals surface area contributed by atoms with Gasteiger partial charge in [0.15, 0.2) is 5.69 Å². The second kappa shape index (κ2) is 9.78. The number of rotatable bonds is 8. The maximum atomic E-state index is 12.8. The summed E-state index contributed by atoms with van der Waals surface area (Å²) in [6, 6.07) is 16.5. The van der Waals surface area contributed by atoms with Gasteiger partial charge in [-0.3, -0.25) is 4.79 Å². The molecule has 146 valence electrons. The minimum Gasteiger partial charge on any atom is -0.446 e. The van der Waals surface area contributed by atoms with E-state index in [0.717, 1.165) is 23.3 Å². The third kappa shape index (κ3) is 5.16. The van der Waals surface area contributed by atoms with Gasteiger partial charge in [-0.25, -0.2) is 4.98 Å². The number of hydrogen-bond donors (Lipinski definition) is 2. The second-order valence-corrected chi connectivity index (χ2v) is 7.75. The van der Waals surface area contributed by atoms with Crippen LogP contribution in [0.1, 0.15) is 46.0 Å². The second-order valence-electron chi connectivity index (χ2n) is 6.33. The normalized spacial score (nSPS) is 13.1. The predicted octanol–water partition coefficient (Wildman–Crippen LogP) is 4.60. The van der Waals surface area contributed by atoms with Crippen molar-refractivity contribution in [2.75, 3.05) is 12.0 Å². The molecule has 28 heavy (non-hydrogen) atoms. The van der Waals surface area contributed by atoms with Crippen LogP contribution < -0.4 is 11.1 Å². The molecule has 2 atom stereocenters. The Morgan fingerprint density at radius 2 is 1.86 bits per heavy atom. The summed E-state index contributed by atoms with van der Waals surface area (Å²) >= 11 is 7.71. The minimum absolute atomic E-state index is 0.212. The van der Waals surface area contributed by atoms with Gasteiger partial charge in [-0.15, -0.1) is 0 Å². The summed E-state index contributed by atoms with van der Waals surface area (Å²) < 4.78 is 5.43. The van der Waals surface area contributed by atoms with Crippen LogP contribution in [0.3, 0.4) is 0 Å². The van der Waals surface area contributed by atoms with Gasteiger partial charge in [0.25, 0.3) is 5.91 Å². The molecule has 0 saturated carbocycles. The van der Waals surface area contributed by atoms with Gasteiger partial charge in [-0.05, 0) is 41.7 Å². The van der Waals surface area contributed by atoms with E-state index in [9.17, 15) is 4.79 Å². The zero-order valence-corrected chi connectivity index (χ0v) is 17.0. The topological polar surface area (TPSA) is 81.1 Å². The Kier molecular flexibility index (Phi) is 7.14. The standard InChI is InChI=1S/C21H22ClN3O2S/c1-28-12-11-17(23)21-24-18(13-27-21)20(26)25-19(14-5-3-2-4-6-14)15-7-9-16(22)10-8-15/h2-10,13,17,19H,11-12,23H2,1H3,(H,25,26). The lowest BCUT2D eigenvalue weighted by Gasteiger charge is -2.19. The Bertz CT molecular complexity index is 900. The molecule has 2 aromatic carbocycles. The van der Waals surface area contributed by atoms with E-state index >= 15 is 0 Å². The van der Waals surface area contributed by atoms with Crippen LogP contribution in [0.25, 0.3) is 0 Å². The fourth-order valence-corrected chi connectivity index (χ4v) is 3.41. The monoisotopic (exact) mass is 415 g/mol. The molecule has 0 aliphatic heterocycles. The van der Waals surface area contributed by atoms with E-state index < -0.39 is 0 Å². The number of halogens is 1. The first kappa shape index (κ1) is 20.5. The molecule has 1 amide bonds. The number of aromatic nitrogens is 1. The first-order chi connectivity index (χ1) is 13.6. The van der Waals surface area contributed by atoms with Crippen molar-refractivity contribution in [3.63, 3.8) is 0 Å². The molecule has 1 heterocycles. The van der Waals surface area contributed by atoms with E-state index in [1.165, 1.54) is 6.26 Å². The van der Waals surface area contributed by atoms with E-state index in [2.05, 4.69) is 10.3 Å². The maximum absolute atomic E-state index is 12.8. The van der Waals surface area contributed by atoms with Gasteiger partial charge in [0.1, 0.15) is 6.26 Å². The molecule has 0 bridgehead atoms. The first-order valence-corrected chi connectivity index (χ1v) is 10.7. The molecule has 5 nitrogen and oxygen atoms in total. The zero-order chi connectivity index (χ0) is 19.9. The first-order valence-electron chi connectivity index (χ1n) is 8.89. The summed E-state index contributed by atoms with van der Waals surface area (Å²) in [5, 5.41) is 3.67. The van der Waals surface area contributed by atoms with Crippen molar-refractivity contribution in [3.8, 4) is 0 Å². The summed E-state index contributed by atoms with van der Waals surface area (Å²) in [7, 11) is 0. The molecule has 0 aliphatic rings. The highest BCUT2D eigenvalue weighted by molar-refractivity contribution is 7.98. The summed E-state index contributed by atoms with van der Waals surface area (Å²) in [6.45, 7) is 0. The lowest BCUT2D eigenvalue weighted by molar-refractivity contribution is 0.0938. The number of amides is 1. The van der Waals surface area contributed by atoms with E-state index in [1.54, 1.807) is 23.9 Å². The van der Waals surface area contributed by atoms with Crippen LogP contribution >= 0.6 is 23.4 Å².